The van der Waals surface area contributed by atoms with Gasteiger partial charge in [0.2, 0.25) is 0 Å². The van der Waals surface area contributed by atoms with Crippen LogP contribution in [0, 0.1) is 0 Å². The zero-order valence-electron chi connectivity index (χ0n) is 14.6. The molecule has 0 fully saturated rings. The van der Waals surface area contributed by atoms with Crippen LogP contribution in [0.25, 0.3) is 11.1 Å². The Kier molecular flexibility index (Phi) is 4.80. The number of nitrogen functional groups attached to an aromatic ring is 1. The lowest BCUT2D eigenvalue weighted by molar-refractivity contribution is 0.0993. The molecule has 5 heteroatoms. The number of hydrogen-bond acceptors (Lipinski definition) is 4. The minimum Gasteiger partial charge on any atom is -0.508 e. The number of phenols is 1. The number of carbonyl (C=O) groups is 1. The number of hydrogen-bond donors (Lipinski definition) is 2. The quantitative estimate of drug-likeness (QED) is 0.701. The molecule has 1 amide bonds. The van der Waals surface area contributed by atoms with E-state index < -0.39 is 0 Å². The van der Waals surface area contributed by atoms with Crippen molar-refractivity contribution < 1.29 is 14.6 Å². The highest BCUT2D eigenvalue weighted by Crippen LogP contribution is 2.31. The first-order valence-corrected chi connectivity index (χ1v) is 8.10. The normalized spacial score (nSPS) is 10.4. The molecular formula is C21H20N2O3. The number of ether oxygens (including phenoxy) is 1. The van der Waals surface area contributed by atoms with Gasteiger partial charge < -0.3 is 20.5 Å². The molecule has 0 spiro atoms. The Morgan fingerprint density at radius 2 is 1.69 bits per heavy atom. The largest absolute Gasteiger partial charge is 0.508 e. The highest BCUT2D eigenvalue weighted by Gasteiger charge is 2.16. The van der Waals surface area contributed by atoms with Crippen LogP contribution in [0.3, 0.4) is 0 Å². The van der Waals surface area contributed by atoms with Gasteiger partial charge in [-0.1, -0.05) is 18.2 Å². The molecule has 0 aliphatic rings. The molecule has 0 heterocycles. The maximum Gasteiger partial charge on any atom is 0.258 e. The fourth-order valence-corrected chi connectivity index (χ4v) is 2.74. The molecule has 3 N–H and O–H groups in total. The van der Waals surface area contributed by atoms with E-state index in [1.54, 1.807) is 62.7 Å². The summed E-state index contributed by atoms with van der Waals surface area (Å²) in [7, 11) is 3.26. The number of phenolic OH excluding ortho intramolecular Hbond substituents is 1. The summed E-state index contributed by atoms with van der Waals surface area (Å²) in [5, 5.41) is 9.69. The van der Waals surface area contributed by atoms with E-state index in [2.05, 4.69) is 0 Å². The maximum atomic E-state index is 12.8. The summed E-state index contributed by atoms with van der Waals surface area (Å²) in [6, 6.07) is 19.3. The summed E-state index contributed by atoms with van der Waals surface area (Å²) in [6.07, 6.45) is 0. The topological polar surface area (TPSA) is 75.8 Å². The van der Waals surface area contributed by atoms with Gasteiger partial charge in [-0.15, -0.1) is 0 Å². The molecule has 0 radical (unpaired) electrons. The molecule has 0 unspecified atom stereocenters. The Balaban J connectivity index is 1.94. The molecule has 3 aromatic rings. The van der Waals surface area contributed by atoms with Gasteiger partial charge in [0.25, 0.3) is 5.91 Å². The molecule has 0 saturated heterocycles. The van der Waals surface area contributed by atoms with E-state index in [1.165, 1.54) is 4.90 Å². The second kappa shape index (κ2) is 7.19. The van der Waals surface area contributed by atoms with Gasteiger partial charge in [0.15, 0.2) is 0 Å². The van der Waals surface area contributed by atoms with Crippen LogP contribution in [0.4, 0.5) is 11.4 Å². The van der Waals surface area contributed by atoms with Crippen molar-refractivity contribution in [3.05, 3.63) is 72.3 Å². The third-order valence-corrected chi connectivity index (χ3v) is 4.21. The first-order chi connectivity index (χ1) is 12.5. The Hall–Kier alpha value is -3.47. The van der Waals surface area contributed by atoms with Crippen LogP contribution in [-0.2, 0) is 0 Å². The van der Waals surface area contributed by atoms with Gasteiger partial charge in [0.1, 0.15) is 11.5 Å². The van der Waals surface area contributed by atoms with Crippen molar-refractivity contribution in [2.24, 2.45) is 0 Å². The Morgan fingerprint density at radius 3 is 2.35 bits per heavy atom. The molecule has 0 bridgehead atoms. The standard InChI is InChI=1S/C21H20N2O3/c1-23(21(25)14-6-9-18(26-2)10-7-14)20-13-16(8-11-19(20)22)15-4-3-5-17(24)12-15/h3-13,24H,22H2,1-2H3. The zero-order chi connectivity index (χ0) is 18.7. The first-order valence-electron chi connectivity index (χ1n) is 8.10. The van der Waals surface area contributed by atoms with Crippen molar-refractivity contribution in [3.63, 3.8) is 0 Å². The van der Waals surface area contributed by atoms with E-state index in [0.717, 1.165) is 11.1 Å². The number of anilines is 2. The number of methoxy groups -OCH3 is 1. The van der Waals surface area contributed by atoms with Gasteiger partial charge >= 0.3 is 0 Å². The smallest absolute Gasteiger partial charge is 0.258 e. The molecule has 0 atom stereocenters. The van der Waals surface area contributed by atoms with Gasteiger partial charge in [-0.05, 0) is 59.7 Å². The lowest BCUT2D eigenvalue weighted by Crippen LogP contribution is -2.27. The molecule has 0 aliphatic heterocycles. The third kappa shape index (κ3) is 3.47. The average Bonchev–Trinajstić information content (AvgIpc) is 2.67. The molecule has 26 heavy (non-hydrogen) atoms. The number of rotatable bonds is 4. The van der Waals surface area contributed by atoms with Crippen molar-refractivity contribution in [1.29, 1.82) is 0 Å². The van der Waals surface area contributed by atoms with E-state index in [0.29, 0.717) is 22.7 Å². The Morgan fingerprint density at radius 1 is 1.00 bits per heavy atom. The van der Waals surface area contributed by atoms with E-state index >= 15 is 0 Å². The maximum absolute atomic E-state index is 12.8. The lowest BCUT2D eigenvalue weighted by Gasteiger charge is -2.20. The monoisotopic (exact) mass is 348 g/mol. The molecular weight excluding hydrogens is 328 g/mol. The summed E-state index contributed by atoms with van der Waals surface area (Å²) < 4.78 is 5.12. The fraction of sp³-hybridized carbons (Fsp3) is 0.0952. The summed E-state index contributed by atoms with van der Waals surface area (Å²) >= 11 is 0. The molecule has 132 valence electrons. The second-order valence-corrected chi connectivity index (χ2v) is 5.92. The molecule has 5 nitrogen and oxygen atoms in total. The van der Waals surface area contributed by atoms with Gasteiger partial charge in [0.05, 0.1) is 18.5 Å². The van der Waals surface area contributed by atoms with Crippen LogP contribution < -0.4 is 15.4 Å². The van der Waals surface area contributed by atoms with Crippen LogP contribution in [0.15, 0.2) is 66.7 Å². The van der Waals surface area contributed by atoms with Crippen LogP contribution in [-0.4, -0.2) is 25.2 Å². The lowest BCUT2D eigenvalue weighted by atomic mass is 10.0. The van der Waals surface area contributed by atoms with Gasteiger partial charge in [-0.25, -0.2) is 0 Å². The molecule has 3 rings (SSSR count). The number of amides is 1. The molecule has 0 saturated carbocycles. The average molecular weight is 348 g/mol. The van der Waals surface area contributed by atoms with E-state index in [9.17, 15) is 9.90 Å². The van der Waals surface area contributed by atoms with Crippen LogP contribution >= 0.6 is 0 Å². The van der Waals surface area contributed by atoms with E-state index in [1.807, 2.05) is 18.2 Å². The fourth-order valence-electron chi connectivity index (χ4n) is 2.74. The summed E-state index contributed by atoms with van der Waals surface area (Å²) in [6.45, 7) is 0. The molecule has 3 aromatic carbocycles. The highest BCUT2D eigenvalue weighted by atomic mass is 16.5. The Labute approximate surface area is 152 Å². The predicted molar refractivity (Wildman–Crippen MR) is 104 cm³/mol. The van der Waals surface area contributed by atoms with E-state index in [-0.39, 0.29) is 11.7 Å². The van der Waals surface area contributed by atoms with Crippen molar-refractivity contribution in [1.82, 2.24) is 0 Å². The zero-order valence-corrected chi connectivity index (χ0v) is 14.6. The van der Waals surface area contributed by atoms with Crippen molar-refractivity contribution in [3.8, 4) is 22.6 Å². The second-order valence-electron chi connectivity index (χ2n) is 5.92. The number of benzene rings is 3. The van der Waals surface area contributed by atoms with Crippen molar-refractivity contribution in [2.75, 3.05) is 24.8 Å². The van der Waals surface area contributed by atoms with Crippen LogP contribution in [0.2, 0.25) is 0 Å². The third-order valence-electron chi connectivity index (χ3n) is 4.21. The minimum atomic E-state index is -0.174. The van der Waals surface area contributed by atoms with Gasteiger partial charge in [0, 0.05) is 12.6 Å². The van der Waals surface area contributed by atoms with E-state index in [4.69, 9.17) is 10.5 Å². The summed E-state index contributed by atoms with van der Waals surface area (Å²) in [5.41, 5.74) is 9.44. The summed E-state index contributed by atoms with van der Waals surface area (Å²) in [5.74, 6) is 0.700. The SMILES string of the molecule is COc1ccc(C(=O)N(C)c2cc(-c3cccc(O)c3)ccc2N)cc1. The van der Waals surface area contributed by atoms with Crippen molar-refractivity contribution >= 4 is 17.3 Å². The van der Waals surface area contributed by atoms with Crippen LogP contribution in [0.1, 0.15) is 10.4 Å². The van der Waals surface area contributed by atoms with Crippen molar-refractivity contribution in [2.45, 2.75) is 0 Å². The summed E-state index contributed by atoms with van der Waals surface area (Å²) in [4.78, 5) is 14.3. The molecule has 0 aliphatic carbocycles. The number of aromatic hydroxyl groups is 1. The predicted octanol–water partition coefficient (Wildman–Crippen LogP) is 3.93. The first kappa shape index (κ1) is 17.4. The Bertz CT molecular complexity index is 936. The molecule has 0 aromatic heterocycles. The number of nitrogens with zero attached hydrogens (tertiary/aromatic N) is 1. The number of carbonyl (C=O) groups excluding carboxylic acids is 1. The number of nitrogens with two attached hydrogens (primary N) is 1. The van der Waals surface area contributed by atoms with Crippen LogP contribution in [0.5, 0.6) is 11.5 Å². The van der Waals surface area contributed by atoms with Gasteiger partial charge in [-0.2, -0.15) is 0 Å². The van der Waals surface area contributed by atoms with Gasteiger partial charge in [-0.3, -0.25) is 4.79 Å². The highest BCUT2D eigenvalue weighted by molar-refractivity contribution is 6.07. The minimum absolute atomic E-state index is 0.174.